The maximum absolute atomic E-state index is 11.2. The lowest BCUT2D eigenvalue weighted by Gasteiger charge is -2.12. The van der Waals surface area contributed by atoms with Crippen molar-refractivity contribution in [1.82, 2.24) is 0 Å². The third-order valence-electron chi connectivity index (χ3n) is 2.72. The van der Waals surface area contributed by atoms with Gasteiger partial charge in [0.1, 0.15) is 17.9 Å². The highest BCUT2D eigenvalue weighted by molar-refractivity contribution is 7.91. The number of aliphatic hydroxyl groups excluding tert-OH is 1. The van der Waals surface area contributed by atoms with E-state index >= 15 is 0 Å². The van der Waals surface area contributed by atoms with Crippen LogP contribution in [0.15, 0.2) is 0 Å². The van der Waals surface area contributed by atoms with Crippen molar-refractivity contribution in [3.8, 4) is 0 Å². The van der Waals surface area contributed by atoms with Crippen LogP contribution in [0.3, 0.4) is 0 Å². The standard InChI is InChI=1S/C9H20N2O3S/c1-11(2)5-3-4-10-8-6-15(13,14)7-9(8)12/h8-10,12H,3-7H2,1-2H3/p+2/t8-,9-/m0/s1. The summed E-state index contributed by atoms with van der Waals surface area (Å²) in [6.07, 6.45) is 0.368. The Hall–Kier alpha value is -0.170. The molecule has 1 heterocycles. The predicted molar refractivity (Wildman–Crippen MR) is 57.5 cm³/mol. The lowest BCUT2D eigenvalue weighted by atomic mass is 10.2. The first-order chi connectivity index (χ1) is 6.91. The Kier molecular flexibility index (Phi) is 4.51. The Morgan fingerprint density at radius 3 is 2.53 bits per heavy atom. The molecule has 0 bridgehead atoms. The minimum absolute atomic E-state index is 0.0624. The average Bonchev–Trinajstić information content (AvgIpc) is 2.33. The van der Waals surface area contributed by atoms with E-state index in [4.69, 9.17) is 0 Å². The zero-order chi connectivity index (χ0) is 11.5. The SMILES string of the molecule is C[NH+](C)CCC[NH2+][C@H]1CS(=O)(=O)C[C@@H]1O. The van der Waals surface area contributed by atoms with Crippen LogP contribution in [0.5, 0.6) is 0 Å². The van der Waals surface area contributed by atoms with Gasteiger partial charge in [-0.3, -0.25) is 0 Å². The maximum Gasteiger partial charge on any atom is 0.159 e. The van der Waals surface area contributed by atoms with E-state index in [0.29, 0.717) is 0 Å². The molecule has 1 saturated heterocycles. The fraction of sp³-hybridized carbons (Fsp3) is 1.00. The van der Waals surface area contributed by atoms with Gasteiger partial charge in [-0.25, -0.2) is 8.42 Å². The van der Waals surface area contributed by atoms with Gasteiger partial charge in [-0.2, -0.15) is 0 Å². The number of rotatable bonds is 5. The molecule has 0 radical (unpaired) electrons. The number of aliphatic hydroxyl groups is 1. The summed E-state index contributed by atoms with van der Waals surface area (Å²) in [5, 5.41) is 11.5. The quantitative estimate of drug-likeness (QED) is 0.431. The van der Waals surface area contributed by atoms with Gasteiger partial charge < -0.3 is 15.3 Å². The Morgan fingerprint density at radius 2 is 2.07 bits per heavy atom. The van der Waals surface area contributed by atoms with Crippen LogP contribution in [-0.2, 0) is 9.84 Å². The van der Waals surface area contributed by atoms with Crippen LogP contribution in [-0.4, -0.2) is 64.4 Å². The molecule has 6 heteroatoms. The summed E-state index contributed by atoms with van der Waals surface area (Å²) in [6.45, 7) is 1.97. The van der Waals surface area contributed by atoms with Crippen LogP contribution < -0.4 is 10.2 Å². The molecule has 0 aromatic heterocycles. The second-order valence-electron chi connectivity index (χ2n) is 4.64. The van der Waals surface area contributed by atoms with Gasteiger partial charge in [0.2, 0.25) is 0 Å². The Balaban J connectivity index is 2.23. The summed E-state index contributed by atoms with van der Waals surface area (Å²) in [5.41, 5.74) is 0. The lowest BCUT2D eigenvalue weighted by molar-refractivity contribution is -0.860. The van der Waals surface area contributed by atoms with Crippen LogP contribution in [0.2, 0.25) is 0 Å². The zero-order valence-electron chi connectivity index (χ0n) is 9.44. The molecule has 90 valence electrons. The van der Waals surface area contributed by atoms with Crippen molar-refractivity contribution in [3.63, 3.8) is 0 Å². The highest BCUT2D eigenvalue weighted by Crippen LogP contribution is 2.08. The molecule has 5 nitrogen and oxygen atoms in total. The molecule has 0 aliphatic carbocycles. The van der Waals surface area contributed by atoms with Gasteiger partial charge in [-0.05, 0) is 0 Å². The summed E-state index contributed by atoms with van der Waals surface area (Å²) in [5.74, 6) is 0.0656. The van der Waals surface area contributed by atoms with E-state index in [1.807, 2.05) is 5.32 Å². The van der Waals surface area contributed by atoms with Crippen LogP contribution in [0.25, 0.3) is 0 Å². The molecule has 1 aliphatic rings. The molecule has 0 aromatic rings. The second kappa shape index (κ2) is 5.25. The normalized spacial score (nSPS) is 29.9. The van der Waals surface area contributed by atoms with Gasteiger partial charge in [0.25, 0.3) is 0 Å². The van der Waals surface area contributed by atoms with Gasteiger partial charge in [-0.15, -0.1) is 0 Å². The van der Waals surface area contributed by atoms with E-state index < -0.39 is 15.9 Å². The fourth-order valence-corrected chi connectivity index (χ4v) is 3.72. The zero-order valence-corrected chi connectivity index (χ0v) is 10.3. The van der Waals surface area contributed by atoms with Crippen LogP contribution >= 0.6 is 0 Å². The van der Waals surface area contributed by atoms with E-state index in [0.717, 1.165) is 19.5 Å². The monoisotopic (exact) mass is 238 g/mol. The Labute approximate surface area is 91.4 Å². The maximum atomic E-state index is 11.2. The number of hydrogen-bond donors (Lipinski definition) is 3. The molecule has 1 rings (SSSR count). The van der Waals surface area contributed by atoms with Crippen molar-refractivity contribution in [2.45, 2.75) is 18.6 Å². The molecule has 0 unspecified atom stereocenters. The summed E-state index contributed by atoms with van der Waals surface area (Å²) in [6, 6.07) is -0.146. The number of nitrogens with one attached hydrogen (secondary N) is 1. The summed E-state index contributed by atoms with van der Waals surface area (Å²) in [4.78, 5) is 1.39. The number of hydrogen-bond acceptors (Lipinski definition) is 3. The number of sulfone groups is 1. The summed E-state index contributed by atoms with van der Waals surface area (Å²) >= 11 is 0. The van der Waals surface area contributed by atoms with Gasteiger partial charge in [-0.1, -0.05) is 0 Å². The first kappa shape index (κ1) is 12.9. The van der Waals surface area contributed by atoms with E-state index in [1.165, 1.54) is 4.90 Å². The summed E-state index contributed by atoms with van der Waals surface area (Å²) in [7, 11) is 1.20. The van der Waals surface area contributed by atoms with Crippen molar-refractivity contribution in [2.24, 2.45) is 0 Å². The third-order valence-corrected chi connectivity index (χ3v) is 4.46. The van der Waals surface area contributed by atoms with Crippen molar-refractivity contribution in [2.75, 3.05) is 38.7 Å². The van der Waals surface area contributed by atoms with Crippen molar-refractivity contribution in [1.29, 1.82) is 0 Å². The highest BCUT2D eigenvalue weighted by atomic mass is 32.2. The fourth-order valence-electron chi connectivity index (χ4n) is 1.87. The Bertz CT molecular complexity index is 290. The summed E-state index contributed by atoms with van der Waals surface area (Å²) < 4.78 is 22.4. The largest absolute Gasteiger partial charge is 0.386 e. The topological polar surface area (TPSA) is 75.4 Å². The third kappa shape index (κ3) is 4.46. The first-order valence-corrected chi connectivity index (χ1v) is 7.24. The smallest absolute Gasteiger partial charge is 0.159 e. The lowest BCUT2D eigenvalue weighted by Crippen LogP contribution is -3.06. The molecular weight excluding hydrogens is 216 g/mol. The average molecular weight is 238 g/mol. The van der Waals surface area contributed by atoms with E-state index in [1.54, 1.807) is 0 Å². The van der Waals surface area contributed by atoms with E-state index in [-0.39, 0.29) is 17.5 Å². The van der Waals surface area contributed by atoms with E-state index in [2.05, 4.69) is 14.1 Å². The van der Waals surface area contributed by atoms with Crippen LogP contribution in [0.4, 0.5) is 0 Å². The van der Waals surface area contributed by atoms with Gasteiger partial charge in [0.15, 0.2) is 9.84 Å². The Morgan fingerprint density at radius 1 is 1.40 bits per heavy atom. The number of nitrogens with two attached hydrogens (primary N) is 1. The van der Waals surface area contributed by atoms with Crippen molar-refractivity contribution in [3.05, 3.63) is 0 Å². The predicted octanol–water partition coefficient (Wildman–Crippen LogP) is -3.76. The molecule has 0 saturated carbocycles. The minimum Gasteiger partial charge on any atom is -0.386 e. The van der Waals surface area contributed by atoms with E-state index in [9.17, 15) is 13.5 Å². The molecule has 0 amide bonds. The van der Waals surface area contributed by atoms with Gasteiger partial charge in [0.05, 0.1) is 32.9 Å². The van der Waals surface area contributed by atoms with Crippen LogP contribution in [0.1, 0.15) is 6.42 Å². The van der Waals surface area contributed by atoms with Gasteiger partial charge in [0, 0.05) is 6.42 Å². The molecule has 1 fully saturated rings. The first-order valence-electron chi connectivity index (χ1n) is 5.41. The molecule has 1 aliphatic heterocycles. The van der Waals surface area contributed by atoms with Crippen molar-refractivity contribution >= 4 is 9.84 Å². The van der Waals surface area contributed by atoms with Gasteiger partial charge >= 0.3 is 0 Å². The molecular formula is C9H22N2O3S+2. The highest BCUT2D eigenvalue weighted by Gasteiger charge is 2.38. The number of quaternary nitrogens is 2. The minimum atomic E-state index is -2.98. The molecule has 0 aromatic carbocycles. The van der Waals surface area contributed by atoms with Crippen LogP contribution in [0, 0.1) is 0 Å². The molecule has 15 heavy (non-hydrogen) atoms. The second-order valence-corrected chi connectivity index (χ2v) is 6.80. The molecule has 0 spiro atoms. The molecule has 4 N–H and O–H groups in total. The molecule has 2 atom stereocenters. The van der Waals surface area contributed by atoms with Crippen molar-refractivity contribution < 1.29 is 23.7 Å².